The fourth-order valence-corrected chi connectivity index (χ4v) is 4.66. The summed E-state index contributed by atoms with van der Waals surface area (Å²) in [5.74, 6) is 0.924. The molecule has 0 aliphatic heterocycles. The highest BCUT2D eigenvalue weighted by atomic mass is 16.5. The molecule has 3 aromatic rings. The summed E-state index contributed by atoms with van der Waals surface area (Å²) in [5, 5.41) is 3.23. The second-order valence-corrected chi connectivity index (χ2v) is 8.46. The minimum Gasteiger partial charge on any atom is -0.493 e. The van der Waals surface area contributed by atoms with Crippen LogP contribution in [0.4, 0.5) is 0 Å². The average molecular weight is 450 g/mol. The summed E-state index contributed by atoms with van der Waals surface area (Å²) in [6.45, 7) is 1.96. The molecule has 0 radical (unpaired) electrons. The average Bonchev–Trinajstić information content (AvgIpc) is 3.23. The van der Waals surface area contributed by atoms with Crippen molar-refractivity contribution in [2.24, 2.45) is 0 Å². The first-order valence-corrected chi connectivity index (χ1v) is 11.6. The molecule has 1 aliphatic rings. The topological polar surface area (TPSA) is 82.5 Å². The second-order valence-electron chi connectivity index (χ2n) is 8.46. The summed E-state index contributed by atoms with van der Waals surface area (Å²) in [6.07, 6.45) is 6.05. The van der Waals surface area contributed by atoms with Crippen molar-refractivity contribution in [3.05, 3.63) is 53.9 Å². The van der Waals surface area contributed by atoms with E-state index in [0.717, 1.165) is 31.2 Å². The molecule has 1 unspecified atom stereocenters. The first-order valence-electron chi connectivity index (χ1n) is 11.6. The fraction of sp³-hybridized carbons (Fsp3) is 0.423. The number of hydrogen-bond donors (Lipinski definition) is 1. The molecule has 174 valence electrons. The summed E-state index contributed by atoms with van der Waals surface area (Å²) in [5.41, 5.74) is 1.88. The van der Waals surface area contributed by atoms with Crippen LogP contribution in [0.25, 0.3) is 11.0 Å². The van der Waals surface area contributed by atoms with Gasteiger partial charge < -0.3 is 19.4 Å². The van der Waals surface area contributed by atoms with E-state index in [1.54, 1.807) is 29.9 Å². The Morgan fingerprint density at radius 2 is 1.79 bits per heavy atom. The number of rotatable bonds is 8. The van der Waals surface area contributed by atoms with E-state index in [1.165, 1.54) is 13.5 Å². The number of ketones is 1. The molecule has 1 aromatic heterocycles. The van der Waals surface area contributed by atoms with Crippen molar-refractivity contribution in [3.8, 4) is 11.5 Å². The number of para-hydroxylation sites is 2. The number of ether oxygens (including phenoxy) is 2. The zero-order valence-corrected chi connectivity index (χ0v) is 19.5. The zero-order chi connectivity index (χ0) is 23.4. The van der Waals surface area contributed by atoms with Gasteiger partial charge >= 0.3 is 0 Å². The third-order valence-electron chi connectivity index (χ3n) is 6.40. The zero-order valence-electron chi connectivity index (χ0n) is 19.5. The second kappa shape index (κ2) is 10.1. The molecule has 1 amide bonds. The maximum absolute atomic E-state index is 13.6. The molecular formula is C26H31N3O4. The minimum atomic E-state index is -0.529. The van der Waals surface area contributed by atoms with E-state index in [1.807, 2.05) is 31.2 Å². The Hall–Kier alpha value is -3.35. The van der Waals surface area contributed by atoms with Gasteiger partial charge in [-0.05, 0) is 49.6 Å². The number of nitrogens with zero attached hydrogens (tertiary/aromatic N) is 2. The molecule has 1 atom stereocenters. The Balaban J connectivity index is 1.75. The monoisotopic (exact) mass is 449 g/mol. The Bertz CT molecular complexity index is 1150. The molecule has 7 heteroatoms. The van der Waals surface area contributed by atoms with E-state index in [2.05, 4.69) is 10.3 Å². The molecule has 4 rings (SSSR count). The summed E-state index contributed by atoms with van der Waals surface area (Å²) < 4.78 is 12.5. The number of fused-ring (bicyclic) bond motifs is 1. The lowest BCUT2D eigenvalue weighted by molar-refractivity contribution is -0.125. The number of benzene rings is 2. The van der Waals surface area contributed by atoms with Gasteiger partial charge in [0.25, 0.3) is 0 Å². The lowest BCUT2D eigenvalue weighted by atomic mass is 9.95. The molecule has 0 bridgehead atoms. The molecule has 1 heterocycles. The maximum atomic E-state index is 13.6. The molecule has 1 saturated carbocycles. The minimum absolute atomic E-state index is 0.0612. The van der Waals surface area contributed by atoms with Crippen LogP contribution < -0.4 is 14.8 Å². The molecule has 1 aliphatic carbocycles. The summed E-state index contributed by atoms with van der Waals surface area (Å²) in [6, 6.07) is 12.3. The van der Waals surface area contributed by atoms with Gasteiger partial charge in [-0.3, -0.25) is 9.59 Å². The van der Waals surface area contributed by atoms with E-state index in [-0.39, 0.29) is 23.6 Å². The van der Waals surface area contributed by atoms with Crippen LogP contribution in [-0.4, -0.2) is 41.5 Å². The fourth-order valence-electron chi connectivity index (χ4n) is 4.66. The quantitative estimate of drug-likeness (QED) is 0.505. The van der Waals surface area contributed by atoms with Crippen molar-refractivity contribution in [1.82, 2.24) is 14.9 Å². The molecule has 2 aromatic carbocycles. The number of hydrogen-bond acceptors (Lipinski definition) is 5. The third-order valence-corrected chi connectivity index (χ3v) is 6.40. The number of imidazole rings is 1. The lowest BCUT2D eigenvalue weighted by Crippen LogP contribution is -2.41. The predicted octanol–water partition coefficient (Wildman–Crippen LogP) is 4.68. The van der Waals surface area contributed by atoms with Gasteiger partial charge in [0, 0.05) is 11.6 Å². The number of nitrogens with one attached hydrogen (secondary N) is 1. The summed E-state index contributed by atoms with van der Waals surface area (Å²) in [7, 11) is 3.08. The number of methoxy groups -OCH3 is 2. The Morgan fingerprint density at radius 3 is 2.48 bits per heavy atom. The van der Waals surface area contributed by atoms with Gasteiger partial charge in [-0.25, -0.2) is 4.98 Å². The molecule has 33 heavy (non-hydrogen) atoms. The van der Waals surface area contributed by atoms with Crippen molar-refractivity contribution >= 4 is 22.7 Å². The van der Waals surface area contributed by atoms with E-state index in [0.29, 0.717) is 29.0 Å². The largest absolute Gasteiger partial charge is 0.493 e. The van der Waals surface area contributed by atoms with Gasteiger partial charge in [0.15, 0.2) is 17.3 Å². The molecule has 0 spiro atoms. The normalized spacial score (nSPS) is 15.2. The highest BCUT2D eigenvalue weighted by Crippen LogP contribution is 2.30. The van der Waals surface area contributed by atoms with Crippen LogP contribution in [0, 0.1) is 0 Å². The first-order chi connectivity index (χ1) is 16.1. The third kappa shape index (κ3) is 4.58. The highest BCUT2D eigenvalue weighted by molar-refractivity contribution is 6.09. The summed E-state index contributed by atoms with van der Waals surface area (Å²) in [4.78, 5) is 31.6. The number of carbonyl (C=O) groups excluding carboxylic acids is 2. The first kappa shape index (κ1) is 22.8. The van der Waals surface area contributed by atoms with Gasteiger partial charge in [0.2, 0.25) is 11.7 Å². The van der Waals surface area contributed by atoms with Crippen molar-refractivity contribution in [2.75, 3.05) is 14.2 Å². The van der Waals surface area contributed by atoms with E-state index >= 15 is 0 Å². The predicted molar refractivity (Wildman–Crippen MR) is 127 cm³/mol. The van der Waals surface area contributed by atoms with Crippen LogP contribution in [-0.2, 0) is 4.79 Å². The molecule has 1 fully saturated rings. The smallest absolute Gasteiger partial charge is 0.243 e. The van der Waals surface area contributed by atoms with Crippen LogP contribution in [0.15, 0.2) is 42.5 Å². The Morgan fingerprint density at radius 1 is 1.06 bits per heavy atom. The van der Waals surface area contributed by atoms with E-state index < -0.39 is 6.04 Å². The van der Waals surface area contributed by atoms with Crippen molar-refractivity contribution in [1.29, 1.82) is 0 Å². The number of carbonyl (C=O) groups is 2. The van der Waals surface area contributed by atoms with Crippen LogP contribution in [0.5, 0.6) is 11.5 Å². The van der Waals surface area contributed by atoms with Gasteiger partial charge in [0.1, 0.15) is 6.04 Å². The number of amides is 1. The van der Waals surface area contributed by atoms with Crippen molar-refractivity contribution < 1.29 is 19.1 Å². The molecule has 7 nitrogen and oxygen atoms in total. The highest BCUT2D eigenvalue weighted by Gasteiger charge is 2.29. The van der Waals surface area contributed by atoms with Gasteiger partial charge in [-0.2, -0.15) is 0 Å². The SMILES string of the molecule is CCC(C(=O)NC1CCCCC1)n1c(C(=O)c2ccc(OC)c(OC)c2)nc2ccccc21. The maximum Gasteiger partial charge on any atom is 0.243 e. The van der Waals surface area contributed by atoms with Crippen LogP contribution in [0.2, 0.25) is 0 Å². The van der Waals surface area contributed by atoms with Crippen LogP contribution >= 0.6 is 0 Å². The van der Waals surface area contributed by atoms with Gasteiger partial charge in [-0.1, -0.05) is 38.3 Å². The lowest BCUT2D eigenvalue weighted by Gasteiger charge is -2.26. The molecule has 0 saturated heterocycles. The van der Waals surface area contributed by atoms with Crippen molar-refractivity contribution in [2.45, 2.75) is 57.5 Å². The van der Waals surface area contributed by atoms with Crippen LogP contribution in [0.3, 0.4) is 0 Å². The van der Waals surface area contributed by atoms with Crippen molar-refractivity contribution in [3.63, 3.8) is 0 Å². The standard InChI is InChI=1S/C26H31N3O4/c1-4-20(26(31)27-18-10-6-5-7-11-18)29-21-13-9-8-12-19(21)28-25(29)24(30)17-14-15-22(32-2)23(16-17)33-3/h8-9,12-16,18,20H,4-7,10-11H2,1-3H3,(H,27,31). The van der Waals surface area contributed by atoms with Gasteiger partial charge in [0.05, 0.1) is 25.3 Å². The number of aromatic nitrogens is 2. The van der Waals surface area contributed by atoms with Gasteiger partial charge in [-0.15, -0.1) is 0 Å². The Kier molecular flexibility index (Phi) is 6.96. The van der Waals surface area contributed by atoms with E-state index in [4.69, 9.17) is 9.47 Å². The molecule has 1 N–H and O–H groups in total. The molecular weight excluding hydrogens is 418 g/mol. The van der Waals surface area contributed by atoms with Crippen LogP contribution in [0.1, 0.15) is 67.7 Å². The van der Waals surface area contributed by atoms with E-state index in [9.17, 15) is 9.59 Å². The summed E-state index contributed by atoms with van der Waals surface area (Å²) >= 11 is 0. The Labute approximate surface area is 194 Å².